The summed E-state index contributed by atoms with van der Waals surface area (Å²) in [5, 5.41) is 22.1. The number of urea groups is 1. The molecule has 2 amide bonds. The molecule has 2 unspecified atom stereocenters. The van der Waals surface area contributed by atoms with E-state index in [1.54, 1.807) is 11.8 Å². The highest BCUT2D eigenvalue weighted by Crippen LogP contribution is 2.02. The molecule has 0 aromatic carbocycles. The second-order valence-corrected chi connectivity index (χ2v) is 4.25. The van der Waals surface area contributed by atoms with E-state index in [9.17, 15) is 9.59 Å². The molecule has 6 nitrogen and oxygen atoms in total. The Hall–Kier alpha value is -0.950. The highest BCUT2D eigenvalue weighted by atomic mass is 32.2. The fraction of sp³-hybridized carbons (Fsp3) is 0.750. The minimum absolute atomic E-state index is 0.258. The minimum atomic E-state index is -1.26. The van der Waals surface area contributed by atoms with Crippen LogP contribution in [0.25, 0.3) is 0 Å². The summed E-state index contributed by atoms with van der Waals surface area (Å²) in [6.45, 7) is 1.76. The molecule has 0 rings (SSSR count). The lowest BCUT2D eigenvalue weighted by Crippen LogP contribution is -2.48. The van der Waals surface area contributed by atoms with Crippen molar-refractivity contribution in [2.24, 2.45) is 0 Å². The second kappa shape index (κ2) is 7.36. The van der Waals surface area contributed by atoms with Gasteiger partial charge in [-0.3, -0.25) is 0 Å². The van der Waals surface area contributed by atoms with Crippen LogP contribution in [0.15, 0.2) is 0 Å². The molecule has 0 spiro atoms. The number of rotatable bonds is 6. The van der Waals surface area contributed by atoms with E-state index in [1.807, 2.05) is 13.2 Å². The maximum Gasteiger partial charge on any atom is 0.328 e. The number of thioether (sulfide) groups is 1. The van der Waals surface area contributed by atoms with Gasteiger partial charge in [0.25, 0.3) is 0 Å². The van der Waals surface area contributed by atoms with E-state index >= 15 is 0 Å². The van der Waals surface area contributed by atoms with Crippen LogP contribution in [0.3, 0.4) is 0 Å². The zero-order valence-electron chi connectivity index (χ0n) is 8.69. The molecule has 0 fully saturated rings. The van der Waals surface area contributed by atoms with Crippen LogP contribution in [0.2, 0.25) is 0 Å². The maximum atomic E-state index is 11.1. The topological polar surface area (TPSA) is 98.7 Å². The number of aliphatic hydroxyl groups is 1. The smallest absolute Gasteiger partial charge is 0.328 e. The van der Waals surface area contributed by atoms with Crippen LogP contribution in [-0.4, -0.2) is 52.9 Å². The van der Waals surface area contributed by atoms with Gasteiger partial charge in [-0.1, -0.05) is 6.92 Å². The molecule has 0 heterocycles. The molecule has 0 aliphatic rings. The Morgan fingerprint density at radius 1 is 1.47 bits per heavy atom. The van der Waals surface area contributed by atoms with Crippen LogP contribution in [0, 0.1) is 0 Å². The third kappa shape index (κ3) is 6.19. The highest BCUT2D eigenvalue weighted by molar-refractivity contribution is 7.99. The van der Waals surface area contributed by atoms with Gasteiger partial charge >= 0.3 is 12.0 Å². The molecule has 0 bridgehead atoms. The Bertz CT molecular complexity index is 225. The first kappa shape index (κ1) is 14.1. The summed E-state index contributed by atoms with van der Waals surface area (Å²) in [7, 11) is 0. The number of hydrogen-bond donors (Lipinski definition) is 4. The summed E-state index contributed by atoms with van der Waals surface area (Å²) in [6, 6.07) is -1.84. The molecule has 2 atom stereocenters. The molecule has 15 heavy (non-hydrogen) atoms. The number of carboxylic acid groups (broad SMARTS) is 1. The lowest BCUT2D eigenvalue weighted by Gasteiger charge is -2.14. The third-order valence-electron chi connectivity index (χ3n) is 1.74. The van der Waals surface area contributed by atoms with E-state index in [0.717, 1.165) is 0 Å². The molecule has 0 aromatic heterocycles. The van der Waals surface area contributed by atoms with Gasteiger partial charge in [0.2, 0.25) is 0 Å². The molecule has 7 heteroatoms. The first-order valence-corrected chi connectivity index (χ1v) is 5.70. The van der Waals surface area contributed by atoms with Gasteiger partial charge in [0.15, 0.2) is 6.04 Å². The van der Waals surface area contributed by atoms with Crippen LogP contribution >= 0.6 is 11.8 Å². The Morgan fingerprint density at radius 2 is 2.07 bits per heavy atom. The van der Waals surface area contributed by atoms with E-state index in [4.69, 9.17) is 10.2 Å². The fourth-order valence-electron chi connectivity index (χ4n) is 0.715. The van der Waals surface area contributed by atoms with E-state index in [2.05, 4.69) is 10.6 Å². The summed E-state index contributed by atoms with van der Waals surface area (Å²) in [4.78, 5) is 21.6. The fourth-order valence-corrected chi connectivity index (χ4v) is 0.965. The molecule has 4 N–H and O–H groups in total. The SMILES string of the molecule is CSC(C)CNC(=O)NC(CO)C(=O)O. The van der Waals surface area contributed by atoms with Gasteiger partial charge in [0.1, 0.15) is 0 Å². The molecule has 88 valence electrons. The van der Waals surface area contributed by atoms with Crippen molar-refractivity contribution >= 4 is 23.8 Å². The van der Waals surface area contributed by atoms with Gasteiger partial charge in [0.05, 0.1) is 6.61 Å². The van der Waals surface area contributed by atoms with E-state index < -0.39 is 24.6 Å². The zero-order chi connectivity index (χ0) is 11.8. The van der Waals surface area contributed by atoms with Gasteiger partial charge in [0, 0.05) is 11.8 Å². The molecule has 0 saturated heterocycles. The number of amides is 2. The second-order valence-electron chi connectivity index (χ2n) is 2.97. The maximum absolute atomic E-state index is 11.1. The molecule has 0 saturated carbocycles. The standard InChI is InChI=1S/C8H16N2O4S/c1-5(15-2)3-9-8(14)10-6(4-11)7(12)13/h5-6,11H,3-4H2,1-2H3,(H,12,13)(H2,9,10,14). The van der Waals surface area contributed by atoms with Crippen LogP contribution in [0.5, 0.6) is 0 Å². The van der Waals surface area contributed by atoms with Crippen LogP contribution in [0.1, 0.15) is 6.92 Å². The van der Waals surface area contributed by atoms with Crippen molar-refractivity contribution in [3.63, 3.8) is 0 Å². The Morgan fingerprint density at radius 3 is 2.47 bits per heavy atom. The number of hydrogen-bond acceptors (Lipinski definition) is 4. The molecular weight excluding hydrogens is 220 g/mol. The average molecular weight is 236 g/mol. The summed E-state index contributed by atoms with van der Waals surface area (Å²) in [5.74, 6) is -1.26. The predicted octanol–water partition coefficient (Wildman–Crippen LogP) is -0.517. The summed E-state index contributed by atoms with van der Waals surface area (Å²) in [6.07, 6.45) is 1.91. The minimum Gasteiger partial charge on any atom is -0.480 e. The molecule has 0 aliphatic carbocycles. The highest BCUT2D eigenvalue weighted by Gasteiger charge is 2.18. The Kier molecular flexibility index (Phi) is 6.89. The van der Waals surface area contributed by atoms with Crippen LogP contribution in [0.4, 0.5) is 4.79 Å². The van der Waals surface area contributed by atoms with Crippen molar-refractivity contribution in [1.29, 1.82) is 0 Å². The quantitative estimate of drug-likeness (QED) is 0.497. The van der Waals surface area contributed by atoms with Gasteiger partial charge in [-0.05, 0) is 6.26 Å². The lowest BCUT2D eigenvalue weighted by atomic mass is 10.3. The van der Waals surface area contributed by atoms with Crippen molar-refractivity contribution < 1.29 is 19.8 Å². The number of carboxylic acids is 1. The van der Waals surface area contributed by atoms with E-state index in [1.165, 1.54) is 0 Å². The normalized spacial score (nSPS) is 14.1. The summed E-state index contributed by atoms with van der Waals surface area (Å²) < 4.78 is 0. The van der Waals surface area contributed by atoms with Gasteiger partial charge in [-0.2, -0.15) is 11.8 Å². The van der Waals surface area contributed by atoms with E-state index in [-0.39, 0.29) is 5.25 Å². The summed E-state index contributed by atoms with van der Waals surface area (Å²) >= 11 is 1.59. The molecular formula is C8H16N2O4S. The predicted molar refractivity (Wildman–Crippen MR) is 58.0 cm³/mol. The largest absolute Gasteiger partial charge is 0.480 e. The zero-order valence-corrected chi connectivity index (χ0v) is 9.50. The monoisotopic (exact) mass is 236 g/mol. The van der Waals surface area contributed by atoms with E-state index in [0.29, 0.717) is 6.54 Å². The van der Waals surface area contributed by atoms with Crippen molar-refractivity contribution in [2.75, 3.05) is 19.4 Å². The van der Waals surface area contributed by atoms with Crippen LogP contribution < -0.4 is 10.6 Å². The van der Waals surface area contributed by atoms with Crippen molar-refractivity contribution in [3.8, 4) is 0 Å². The number of carbonyl (C=O) groups is 2. The molecule has 0 aliphatic heterocycles. The van der Waals surface area contributed by atoms with Crippen molar-refractivity contribution in [3.05, 3.63) is 0 Å². The Labute approximate surface area is 92.4 Å². The number of nitrogens with one attached hydrogen (secondary N) is 2. The number of aliphatic carboxylic acids is 1. The van der Waals surface area contributed by atoms with Gasteiger partial charge < -0.3 is 20.8 Å². The molecule has 0 radical (unpaired) electrons. The number of carbonyl (C=O) groups excluding carboxylic acids is 1. The Balaban J connectivity index is 3.86. The van der Waals surface area contributed by atoms with Gasteiger partial charge in [-0.15, -0.1) is 0 Å². The number of aliphatic hydroxyl groups excluding tert-OH is 1. The first-order valence-electron chi connectivity index (χ1n) is 4.42. The average Bonchev–Trinajstić information content (AvgIpc) is 2.21. The van der Waals surface area contributed by atoms with Gasteiger partial charge in [-0.25, -0.2) is 9.59 Å². The third-order valence-corrected chi connectivity index (χ3v) is 2.71. The van der Waals surface area contributed by atoms with Crippen molar-refractivity contribution in [2.45, 2.75) is 18.2 Å². The lowest BCUT2D eigenvalue weighted by molar-refractivity contribution is -0.140. The van der Waals surface area contributed by atoms with Crippen LogP contribution in [-0.2, 0) is 4.79 Å². The van der Waals surface area contributed by atoms with Crippen molar-refractivity contribution in [1.82, 2.24) is 10.6 Å². The first-order chi connectivity index (χ1) is 7.01. The molecule has 0 aromatic rings. The summed E-state index contributed by atoms with van der Waals surface area (Å²) in [5.41, 5.74) is 0.